The molecule has 110 valence electrons. The molecule has 3 rings (SSSR count). The van der Waals surface area contributed by atoms with Crippen molar-refractivity contribution in [3.63, 3.8) is 0 Å². The molecule has 2 aromatic rings. The first kappa shape index (κ1) is 14.0. The summed E-state index contributed by atoms with van der Waals surface area (Å²) in [5, 5.41) is 12.4. The summed E-state index contributed by atoms with van der Waals surface area (Å²) < 4.78 is 0. The highest BCUT2D eigenvalue weighted by Crippen LogP contribution is 2.26. The Hall–Kier alpha value is -1.95. The number of para-hydroxylation sites is 1. The lowest BCUT2D eigenvalue weighted by Crippen LogP contribution is -2.36. The van der Waals surface area contributed by atoms with E-state index >= 15 is 0 Å². The Morgan fingerprint density at radius 2 is 2.24 bits per heavy atom. The smallest absolute Gasteiger partial charge is 0.245 e. The molecule has 1 aromatic heterocycles. The highest BCUT2D eigenvalue weighted by Gasteiger charge is 2.19. The third-order valence-corrected chi connectivity index (χ3v) is 4.54. The number of hydrogen-bond donors (Lipinski definition) is 1. The van der Waals surface area contributed by atoms with Crippen LogP contribution < -0.4 is 10.2 Å². The van der Waals surface area contributed by atoms with Gasteiger partial charge in [-0.3, -0.25) is 10.1 Å². The number of amides is 1. The second kappa shape index (κ2) is 6.22. The van der Waals surface area contributed by atoms with E-state index in [1.165, 1.54) is 22.6 Å². The molecule has 0 unspecified atom stereocenters. The number of nitrogens with one attached hydrogen (secondary N) is 1. The molecule has 0 saturated carbocycles. The van der Waals surface area contributed by atoms with E-state index in [2.05, 4.69) is 38.6 Å². The SMILES string of the molecule is CCc1nnc(NC(=O)CN2CCCc3ccccc32)s1. The van der Waals surface area contributed by atoms with Crippen LogP contribution in [0.4, 0.5) is 10.8 Å². The van der Waals surface area contributed by atoms with Crippen molar-refractivity contribution in [3.05, 3.63) is 34.8 Å². The molecule has 5 nitrogen and oxygen atoms in total. The number of carbonyl (C=O) groups excluding carboxylic acids is 1. The molecule has 0 bridgehead atoms. The summed E-state index contributed by atoms with van der Waals surface area (Å²) in [5.41, 5.74) is 2.49. The molecule has 0 spiro atoms. The maximum Gasteiger partial charge on any atom is 0.245 e. The van der Waals surface area contributed by atoms with Crippen molar-refractivity contribution in [3.8, 4) is 0 Å². The van der Waals surface area contributed by atoms with Crippen LogP contribution >= 0.6 is 11.3 Å². The van der Waals surface area contributed by atoms with Crippen molar-refractivity contribution in [1.82, 2.24) is 10.2 Å². The zero-order valence-corrected chi connectivity index (χ0v) is 12.8. The molecule has 1 aliphatic heterocycles. The van der Waals surface area contributed by atoms with Crippen molar-refractivity contribution in [2.45, 2.75) is 26.2 Å². The van der Waals surface area contributed by atoms with Crippen LogP contribution in [-0.2, 0) is 17.6 Å². The van der Waals surface area contributed by atoms with Gasteiger partial charge in [0.05, 0.1) is 6.54 Å². The van der Waals surface area contributed by atoms with Gasteiger partial charge < -0.3 is 4.90 Å². The molecule has 1 aromatic carbocycles. The molecular formula is C15H18N4OS. The number of benzene rings is 1. The minimum Gasteiger partial charge on any atom is -0.362 e. The minimum absolute atomic E-state index is 0.0366. The molecular weight excluding hydrogens is 284 g/mol. The lowest BCUT2D eigenvalue weighted by Gasteiger charge is -2.30. The molecule has 0 radical (unpaired) electrons. The average molecular weight is 302 g/mol. The number of rotatable bonds is 4. The van der Waals surface area contributed by atoms with E-state index in [9.17, 15) is 4.79 Å². The average Bonchev–Trinajstić information content (AvgIpc) is 2.95. The summed E-state index contributed by atoms with van der Waals surface area (Å²) in [6, 6.07) is 8.29. The zero-order valence-electron chi connectivity index (χ0n) is 12.0. The number of hydrogen-bond acceptors (Lipinski definition) is 5. The van der Waals surface area contributed by atoms with Gasteiger partial charge >= 0.3 is 0 Å². The number of nitrogens with zero attached hydrogens (tertiary/aromatic N) is 3. The summed E-state index contributed by atoms with van der Waals surface area (Å²) >= 11 is 1.44. The Balaban J connectivity index is 1.65. The van der Waals surface area contributed by atoms with Gasteiger partial charge in [0.2, 0.25) is 11.0 Å². The highest BCUT2D eigenvalue weighted by atomic mass is 32.1. The Bertz CT molecular complexity index is 640. The van der Waals surface area contributed by atoms with Gasteiger partial charge in [-0.05, 0) is 30.9 Å². The summed E-state index contributed by atoms with van der Waals surface area (Å²) in [7, 11) is 0. The van der Waals surface area contributed by atoms with Crippen molar-refractivity contribution in [1.29, 1.82) is 0 Å². The van der Waals surface area contributed by atoms with Gasteiger partial charge in [0, 0.05) is 12.2 Å². The molecule has 0 fully saturated rings. The molecule has 1 amide bonds. The Morgan fingerprint density at radius 1 is 1.38 bits per heavy atom. The van der Waals surface area contributed by atoms with Crippen molar-refractivity contribution in [2.24, 2.45) is 0 Å². The second-order valence-electron chi connectivity index (χ2n) is 5.06. The van der Waals surface area contributed by atoms with Crippen LogP contribution in [0, 0.1) is 0 Å². The van der Waals surface area contributed by atoms with Gasteiger partial charge in [0.1, 0.15) is 5.01 Å². The molecule has 0 atom stereocenters. The summed E-state index contributed by atoms with van der Waals surface area (Å²) in [6.45, 7) is 3.30. The summed E-state index contributed by atoms with van der Waals surface area (Å²) in [6.07, 6.45) is 3.01. The number of carbonyl (C=O) groups is 1. The van der Waals surface area contributed by atoms with Crippen molar-refractivity contribution >= 4 is 28.1 Å². The van der Waals surface area contributed by atoms with Gasteiger partial charge in [-0.1, -0.05) is 36.5 Å². The number of aryl methyl sites for hydroxylation is 2. The molecule has 1 aliphatic rings. The third-order valence-electron chi connectivity index (χ3n) is 3.56. The zero-order chi connectivity index (χ0) is 14.7. The first-order chi connectivity index (χ1) is 10.3. The normalized spacial score (nSPS) is 13.9. The van der Waals surface area contributed by atoms with E-state index in [0.29, 0.717) is 11.7 Å². The van der Waals surface area contributed by atoms with Crippen LogP contribution in [0.5, 0.6) is 0 Å². The van der Waals surface area contributed by atoms with E-state index in [-0.39, 0.29) is 5.91 Å². The quantitative estimate of drug-likeness (QED) is 0.942. The van der Waals surface area contributed by atoms with Crippen molar-refractivity contribution in [2.75, 3.05) is 23.3 Å². The lowest BCUT2D eigenvalue weighted by molar-refractivity contribution is -0.115. The number of fused-ring (bicyclic) bond motifs is 1. The van der Waals surface area contributed by atoms with Crippen LogP contribution in [0.3, 0.4) is 0 Å². The predicted molar refractivity (Wildman–Crippen MR) is 84.9 cm³/mol. The fourth-order valence-corrected chi connectivity index (χ4v) is 3.25. The van der Waals surface area contributed by atoms with Gasteiger partial charge in [-0.15, -0.1) is 10.2 Å². The van der Waals surface area contributed by atoms with Crippen molar-refractivity contribution < 1.29 is 4.79 Å². The van der Waals surface area contributed by atoms with E-state index in [1.807, 2.05) is 13.0 Å². The fraction of sp³-hybridized carbons (Fsp3) is 0.400. The summed E-state index contributed by atoms with van der Waals surface area (Å²) in [5.74, 6) is -0.0366. The highest BCUT2D eigenvalue weighted by molar-refractivity contribution is 7.15. The molecule has 2 heterocycles. The predicted octanol–water partition coefficient (Wildman–Crippen LogP) is 2.49. The van der Waals surface area contributed by atoms with Gasteiger partial charge in [-0.2, -0.15) is 0 Å². The van der Waals surface area contributed by atoms with Crippen LogP contribution in [0.15, 0.2) is 24.3 Å². The maximum atomic E-state index is 12.2. The van der Waals surface area contributed by atoms with Crippen LogP contribution in [-0.4, -0.2) is 29.2 Å². The van der Waals surface area contributed by atoms with Gasteiger partial charge in [-0.25, -0.2) is 0 Å². The van der Waals surface area contributed by atoms with Gasteiger partial charge in [0.25, 0.3) is 0 Å². The first-order valence-corrected chi connectivity index (χ1v) is 8.03. The van der Waals surface area contributed by atoms with Crippen LogP contribution in [0.2, 0.25) is 0 Å². The molecule has 6 heteroatoms. The molecule has 21 heavy (non-hydrogen) atoms. The summed E-state index contributed by atoms with van der Waals surface area (Å²) in [4.78, 5) is 14.3. The third kappa shape index (κ3) is 3.21. The lowest BCUT2D eigenvalue weighted by atomic mass is 10.0. The first-order valence-electron chi connectivity index (χ1n) is 7.21. The van der Waals surface area contributed by atoms with Crippen LogP contribution in [0.25, 0.3) is 0 Å². The van der Waals surface area contributed by atoms with E-state index in [0.717, 1.165) is 30.8 Å². The van der Waals surface area contributed by atoms with E-state index < -0.39 is 0 Å². The Morgan fingerprint density at radius 3 is 3.05 bits per heavy atom. The monoisotopic (exact) mass is 302 g/mol. The molecule has 0 saturated heterocycles. The Labute approximate surface area is 128 Å². The second-order valence-corrected chi connectivity index (χ2v) is 6.12. The standard InChI is InChI=1S/C15H18N4OS/c1-2-14-17-18-15(21-14)16-13(20)10-19-9-5-7-11-6-3-4-8-12(11)19/h3-4,6,8H,2,5,7,9-10H2,1H3,(H,16,18,20). The fourth-order valence-electron chi connectivity index (χ4n) is 2.55. The number of anilines is 2. The Kier molecular flexibility index (Phi) is 4.15. The largest absolute Gasteiger partial charge is 0.362 e. The number of aromatic nitrogens is 2. The minimum atomic E-state index is -0.0366. The van der Waals surface area contributed by atoms with Gasteiger partial charge in [0.15, 0.2) is 0 Å². The maximum absolute atomic E-state index is 12.2. The topological polar surface area (TPSA) is 58.1 Å². The molecule has 0 aliphatic carbocycles. The van der Waals surface area contributed by atoms with E-state index in [4.69, 9.17) is 0 Å². The molecule has 1 N–H and O–H groups in total. The van der Waals surface area contributed by atoms with Crippen LogP contribution in [0.1, 0.15) is 23.9 Å². The van der Waals surface area contributed by atoms with E-state index in [1.54, 1.807) is 0 Å².